The molecule has 8 N–H and O–H groups in total. The second kappa shape index (κ2) is 17.6. The smallest absolute Gasteiger partial charge is 0.404 e. The van der Waals surface area contributed by atoms with Crippen LogP contribution < -0.4 is 31.5 Å². The highest BCUT2D eigenvalue weighted by atomic mass is 31.2. The predicted molar refractivity (Wildman–Crippen MR) is 173 cm³/mol. The molecule has 14 nitrogen and oxygen atoms in total. The fourth-order valence-electron chi connectivity index (χ4n) is 5.54. The quantitative estimate of drug-likeness (QED) is 0.0953. The summed E-state index contributed by atoms with van der Waals surface area (Å²) in [4.78, 5) is 82.4. The number of carbonyl (C=O) groups is 5. The van der Waals surface area contributed by atoms with Crippen molar-refractivity contribution < 1.29 is 42.8 Å². The van der Waals surface area contributed by atoms with Crippen molar-refractivity contribution in [2.24, 2.45) is 5.73 Å². The van der Waals surface area contributed by atoms with Crippen LogP contribution in [0, 0.1) is 0 Å². The highest BCUT2D eigenvalue weighted by Gasteiger charge is 2.43. The van der Waals surface area contributed by atoms with Crippen LogP contribution >= 0.6 is 7.82 Å². The first-order valence-corrected chi connectivity index (χ1v) is 17.1. The van der Waals surface area contributed by atoms with Gasteiger partial charge in [0.05, 0.1) is 6.42 Å². The van der Waals surface area contributed by atoms with Crippen LogP contribution in [0.4, 0.5) is 0 Å². The summed E-state index contributed by atoms with van der Waals surface area (Å²) in [6, 6.07) is 13.2. The second-order valence-electron chi connectivity index (χ2n) is 11.7. The molecule has 2 atom stereocenters. The van der Waals surface area contributed by atoms with Gasteiger partial charge in [-0.05, 0) is 55.4 Å². The Labute approximate surface area is 273 Å². The van der Waals surface area contributed by atoms with E-state index < -0.39 is 61.4 Å². The lowest BCUT2D eigenvalue weighted by Gasteiger charge is -2.38. The van der Waals surface area contributed by atoms with Crippen LogP contribution in [-0.2, 0) is 41.4 Å². The molecule has 5 amide bonds. The second-order valence-corrected chi connectivity index (χ2v) is 12.9. The predicted octanol–water partition coefficient (Wildman–Crippen LogP) is 1.52. The van der Waals surface area contributed by atoms with E-state index in [4.69, 9.17) is 15.5 Å². The molecule has 15 heteroatoms. The number of nitrogens with one attached hydrogen (secondary N) is 4. The summed E-state index contributed by atoms with van der Waals surface area (Å²) in [6.45, 7) is 1.58. The van der Waals surface area contributed by atoms with E-state index >= 15 is 0 Å². The van der Waals surface area contributed by atoms with Crippen LogP contribution in [0.1, 0.15) is 69.4 Å². The van der Waals surface area contributed by atoms with Crippen molar-refractivity contribution in [3.8, 4) is 5.75 Å². The first kappa shape index (κ1) is 37.2. The lowest BCUT2D eigenvalue weighted by molar-refractivity contribution is -0.139. The number of amides is 5. The number of rotatable bonds is 17. The zero-order valence-electron chi connectivity index (χ0n) is 26.4. The molecule has 2 aromatic rings. The molecule has 3 rings (SSSR count). The van der Waals surface area contributed by atoms with Crippen molar-refractivity contribution in [1.29, 1.82) is 0 Å². The van der Waals surface area contributed by atoms with Gasteiger partial charge in [0.15, 0.2) is 0 Å². The zero-order chi connectivity index (χ0) is 34.5. The Bertz CT molecular complexity index is 1430. The zero-order valence-corrected chi connectivity index (χ0v) is 27.3. The maximum atomic E-state index is 13.8. The Morgan fingerprint density at radius 2 is 1.53 bits per heavy atom. The molecular weight excluding hydrogens is 629 g/mol. The number of hydrogen-bond donors (Lipinski definition) is 7. The minimum absolute atomic E-state index is 0.00369. The Hall–Kier alpha value is -4.26. The fourth-order valence-corrected chi connectivity index (χ4v) is 5.94. The number of phosphoric acid groups is 1. The molecule has 0 unspecified atom stereocenters. The molecule has 2 aromatic carbocycles. The largest absolute Gasteiger partial charge is 0.524 e. The van der Waals surface area contributed by atoms with E-state index in [0.717, 1.165) is 19.3 Å². The maximum Gasteiger partial charge on any atom is 0.524 e. The van der Waals surface area contributed by atoms with Gasteiger partial charge in [0.2, 0.25) is 29.5 Å². The standard InChI is InChI=1S/C32H44N5O9P/c1-22(38)35-26(20-24-13-15-25(16-14-24)46-47(43,44)45)30(41)37-32(17-7-3-8-18-32)31(42)36-27(21-28(33)39)29(40)34-19-9-6-12-23-10-4-2-5-11-23/h2,4-5,10-11,13-16,26-27H,3,6-9,12,17-21H2,1H3,(H2,33,39)(H,34,40)(H,35,38)(H,36,42)(H,37,41)(H2,43,44,45)/t26-,27-/m0/s1. The molecule has 256 valence electrons. The van der Waals surface area contributed by atoms with Crippen LogP contribution in [0.3, 0.4) is 0 Å². The third-order valence-corrected chi connectivity index (χ3v) is 8.30. The number of carbonyl (C=O) groups excluding carboxylic acids is 5. The summed E-state index contributed by atoms with van der Waals surface area (Å²) < 4.78 is 15.7. The molecule has 0 heterocycles. The summed E-state index contributed by atoms with van der Waals surface area (Å²) in [5.41, 5.74) is 5.73. The first-order chi connectivity index (χ1) is 22.3. The van der Waals surface area contributed by atoms with Crippen molar-refractivity contribution >= 4 is 37.4 Å². The molecule has 0 radical (unpaired) electrons. The number of phosphoric ester groups is 1. The maximum absolute atomic E-state index is 13.8. The van der Waals surface area contributed by atoms with Gasteiger partial charge < -0.3 is 31.5 Å². The van der Waals surface area contributed by atoms with Crippen molar-refractivity contribution in [3.05, 3.63) is 65.7 Å². The van der Waals surface area contributed by atoms with Crippen molar-refractivity contribution in [3.63, 3.8) is 0 Å². The minimum Gasteiger partial charge on any atom is -0.404 e. The summed E-state index contributed by atoms with van der Waals surface area (Å²) in [6.07, 6.45) is 4.54. The molecule has 0 aromatic heterocycles. The summed E-state index contributed by atoms with van der Waals surface area (Å²) >= 11 is 0. The van der Waals surface area contributed by atoms with E-state index in [9.17, 15) is 28.5 Å². The van der Waals surface area contributed by atoms with Gasteiger partial charge in [0, 0.05) is 19.9 Å². The Morgan fingerprint density at radius 3 is 2.13 bits per heavy atom. The molecular formula is C32H44N5O9P. The average Bonchev–Trinajstić information content (AvgIpc) is 3.01. The van der Waals surface area contributed by atoms with Gasteiger partial charge in [0.25, 0.3) is 0 Å². The SMILES string of the molecule is CC(=O)N[C@@H](Cc1ccc(OP(=O)(O)O)cc1)C(=O)NC1(C(=O)N[C@@H](CC(N)=O)C(=O)NCCCCc2ccccc2)CCCCC1. The van der Waals surface area contributed by atoms with E-state index in [1.807, 2.05) is 30.3 Å². The Kier molecular flexibility index (Phi) is 13.9. The van der Waals surface area contributed by atoms with Crippen LogP contribution in [0.5, 0.6) is 5.75 Å². The lowest BCUT2D eigenvalue weighted by Crippen LogP contribution is -2.65. The Morgan fingerprint density at radius 1 is 0.872 bits per heavy atom. The molecule has 0 saturated heterocycles. The summed E-state index contributed by atoms with van der Waals surface area (Å²) in [7, 11) is -4.76. The van der Waals surface area contributed by atoms with Crippen LogP contribution in [-0.4, -0.2) is 63.5 Å². The lowest BCUT2D eigenvalue weighted by atomic mass is 9.80. The number of aryl methyl sites for hydroxylation is 1. The van der Waals surface area contributed by atoms with Crippen LogP contribution in [0.15, 0.2) is 54.6 Å². The van der Waals surface area contributed by atoms with Gasteiger partial charge in [-0.1, -0.05) is 61.7 Å². The third kappa shape index (κ3) is 12.8. The number of primary amides is 1. The molecule has 1 aliphatic carbocycles. The topological polar surface area (TPSA) is 226 Å². The van der Waals surface area contributed by atoms with E-state index in [-0.39, 0.29) is 25.0 Å². The molecule has 47 heavy (non-hydrogen) atoms. The van der Waals surface area contributed by atoms with E-state index in [2.05, 4.69) is 25.8 Å². The van der Waals surface area contributed by atoms with E-state index in [0.29, 0.717) is 31.4 Å². The van der Waals surface area contributed by atoms with Crippen LogP contribution in [0.25, 0.3) is 0 Å². The molecule has 1 fully saturated rings. The highest BCUT2D eigenvalue weighted by molar-refractivity contribution is 7.46. The van der Waals surface area contributed by atoms with Crippen molar-refractivity contribution in [2.75, 3.05) is 6.54 Å². The minimum atomic E-state index is -4.76. The van der Waals surface area contributed by atoms with Gasteiger partial charge in [-0.2, -0.15) is 0 Å². The normalized spacial score (nSPS) is 15.4. The average molecular weight is 674 g/mol. The molecule has 0 bridgehead atoms. The highest BCUT2D eigenvalue weighted by Crippen LogP contribution is 2.37. The molecule has 0 spiro atoms. The molecule has 1 saturated carbocycles. The number of nitrogens with two attached hydrogens (primary N) is 1. The fraction of sp³-hybridized carbons (Fsp3) is 0.469. The van der Waals surface area contributed by atoms with Gasteiger partial charge in [-0.25, -0.2) is 4.57 Å². The van der Waals surface area contributed by atoms with E-state index in [1.165, 1.54) is 36.8 Å². The number of benzene rings is 2. The van der Waals surface area contributed by atoms with Crippen LogP contribution in [0.2, 0.25) is 0 Å². The molecule has 0 aliphatic heterocycles. The van der Waals surface area contributed by atoms with Crippen molar-refractivity contribution in [2.45, 2.75) is 88.8 Å². The summed E-state index contributed by atoms with van der Waals surface area (Å²) in [5.74, 6) is -3.17. The van der Waals surface area contributed by atoms with Gasteiger partial charge in [-0.3, -0.25) is 33.8 Å². The number of unbranched alkanes of at least 4 members (excludes halogenated alkanes) is 1. The summed E-state index contributed by atoms with van der Waals surface area (Å²) in [5, 5.41) is 10.8. The van der Waals surface area contributed by atoms with E-state index in [1.54, 1.807) is 0 Å². The first-order valence-electron chi connectivity index (χ1n) is 15.6. The molecule has 1 aliphatic rings. The Balaban J connectivity index is 1.68. The van der Waals surface area contributed by atoms with Gasteiger partial charge >= 0.3 is 7.82 Å². The van der Waals surface area contributed by atoms with Gasteiger partial charge in [0.1, 0.15) is 23.4 Å². The van der Waals surface area contributed by atoms with Gasteiger partial charge in [-0.15, -0.1) is 0 Å². The third-order valence-electron chi connectivity index (χ3n) is 7.85. The van der Waals surface area contributed by atoms with Crippen molar-refractivity contribution in [1.82, 2.24) is 21.3 Å². The number of hydrogen-bond acceptors (Lipinski definition) is 7. The monoisotopic (exact) mass is 673 g/mol.